The van der Waals surface area contributed by atoms with Crippen LogP contribution in [0.15, 0.2) is 53.3 Å². The number of rotatable bonds is 6. The number of carbonyl (C=O) groups is 1. The van der Waals surface area contributed by atoms with Gasteiger partial charge in [0, 0.05) is 24.2 Å². The zero-order valence-corrected chi connectivity index (χ0v) is 15.4. The normalized spacial score (nSPS) is 10.8. The highest BCUT2D eigenvalue weighted by Crippen LogP contribution is 2.10. The minimum absolute atomic E-state index is 0.105. The van der Waals surface area contributed by atoms with Gasteiger partial charge in [-0.25, -0.2) is 9.07 Å². The largest absolute Gasteiger partial charge is 0.352 e. The van der Waals surface area contributed by atoms with Gasteiger partial charge < -0.3 is 5.32 Å². The second kappa shape index (κ2) is 8.03. The molecule has 6 heteroatoms. The number of H-pyrrole nitrogens is 1. The lowest BCUT2D eigenvalue weighted by Gasteiger charge is -2.07. The molecular formula is C21H22FN3O2. The van der Waals surface area contributed by atoms with E-state index in [4.69, 9.17) is 0 Å². The van der Waals surface area contributed by atoms with Gasteiger partial charge in [-0.15, -0.1) is 0 Å². The van der Waals surface area contributed by atoms with Crippen LogP contribution in [0.25, 0.3) is 5.69 Å². The molecule has 2 N–H and O–H groups in total. The second-order valence-electron chi connectivity index (χ2n) is 6.54. The summed E-state index contributed by atoms with van der Waals surface area (Å²) in [4.78, 5) is 24.8. The summed E-state index contributed by atoms with van der Waals surface area (Å²) in [6.07, 6.45) is 0.568. The van der Waals surface area contributed by atoms with E-state index in [2.05, 4.69) is 10.4 Å². The summed E-state index contributed by atoms with van der Waals surface area (Å²) in [7, 11) is 0. The molecule has 0 aliphatic heterocycles. The summed E-state index contributed by atoms with van der Waals surface area (Å²) < 4.78 is 14.4. The van der Waals surface area contributed by atoms with Crippen molar-refractivity contribution < 1.29 is 9.18 Å². The predicted octanol–water partition coefficient (Wildman–Crippen LogP) is 3.17. The molecule has 0 radical (unpaired) electrons. The van der Waals surface area contributed by atoms with Crippen LogP contribution in [0.3, 0.4) is 0 Å². The molecule has 3 aromatic rings. The Bertz CT molecular complexity index is 1000. The van der Waals surface area contributed by atoms with E-state index in [9.17, 15) is 14.0 Å². The van der Waals surface area contributed by atoms with Crippen LogP contribution in [0.1, 0.15) is 28.8 Å². The Morgan fingerprint density at radius 2 is 1.81 bits per heavy atom. The SMILES string of the molecule is Cc1ccccc1CNC(=O)CCc1c(C)[nH]n(-c2ccc(F)cc2)c1=O. The number of halogens is 1. The molecule has 0 spiro atoms. The third kappa shape index (κ3) is 4.34. The third-order valence-electron chi connectivity index (χ3n) is 4.62. The molecule has 0 aliphatic carbocycles. The van der Waals surface area contributed by atoms with Crippen LogP contribution in [-0.2, 0) is 17.8 Å². The van der Waals surface area contributed by atoms with Gasteiger partial charge >= 0.3 is 0 Å². The van der Waals surface area contributed by atoms with Crippen molar-refractivity contribution in [1.29, 1.82) is 0 Å². The maximum Gasteiger partial charge on any atom is 0.274 e. The quantitative estimate of drug-likeness (QED) is 0.703. The second-order valence-corrected chi connectivity index (χ2v) is 6.54. The van der Waals surface area contributed by atoms with E-state index in [0.717, 1.165) is 11.1 Å². The molecule has 1 amide bonds. The number of aromatic nitrogens is 2. The molecule has 0 fully saturated rings. The molecule has 3 rings (SSSR count). The molecule has 140 valence electrons. The van der Waals surface area contributed by atoms with Gasteiger partial charge in [0.25, 0.3) is 5.56 Å². The lowest BCUT2D eigenvalue weighted by Crippen LogP contribution is -2.24. The molecule has 0 saturated heterocycles. The predicted molar refractivity (Wildman–Crippen MR) is 102 cm³/mol. The Labute approximate surface area is 156 Å². The number of hydrogen-bond donors (Lipinski definition) is 2. The lowest BCUT2D eigenvalue weighted by molar-refractivity contribution is -0.121. The first-order valence-electron chi connectivity index (χ1n) is 8.83. The number of aryl methyl sites for hydroxylation is 2. The summed E-state index contributed by atoms with van der Waals surface area (Å²) >= 11 is 0. The highest BCUT2D eigenvalue weighted by molar-refractivity contribution is 5.76. The Morgan fingerprint density at radius 3 is 2.52 bits per heavy atom. The molecule has 2 aromatic carbocycles. The number of aromatic amines is 1. The van der Waals surface area contributed by atoms with Crippen LogP contribution >= 0.6 is 0 Å². The summed E-state index contributed by atoms with van der Waals surface area (Å²) in [6.45, 7) is 4.27. The molecule has 0 atom stereocenters. The number of nitrogens with zero attached hydrogens (tertiary/aromatic N) is 1. The van der Waals surface area contributed by atoms with Crippen molar-refractivity contribution in [2.45, 2.75) is 33.2 Å². The monoisotopic (exact) mass is 367 g/mol. The Balaban J connectivity index is 1.64. The Morgan fingerprint density at radius 1 is 1.11 bits per heavy atom. The fourth-order valence-corrected chi connectivity index (χ4v) is 2.98. The van der Waals surface area contributed by atoms with Gasteiger partial charge in [-0.3, -0.25) is 14.7 Å². The van der Waals surface area contributed by atoms with Gasteiger partial charge in [0.05, 0.1) is 5.69 Å². The first kappa shape index (κ1) is 18.6. The van der Waals surface area contributed by atoms with E-state index >= 15 is 0 Å². The molecule has 0 bridgehead atoms. The van der Waals surface area contributed by atoms with Crippen molar-refractivity contribution in [1.82, 2.24) is 15.1 Å². The fourth-order valence-electron chi connectivity index (χ4n) is 2.98. The van der Waals surface area contributed by atoms with Crippen molar-refractivity contribution in [3.63, 3.8) is 0 Å². The first-order valence-corrected chi connectivity index (χ1v) is 8.83. The topological polar surface area (TPSA) is 66.9 Å². The summed E-state index contributed by atoms with van der Waals surface area (Å²) in [5.41, 5.74) is 3.80. The zero-order chi connectivity index (χ0) is 19.4. The molecular weight excluding hydrogens is 345 g/mol. The van der Waals surface area contributed by atoms with Crippen molar-refractivity contribution in [2.75, 3.05) is 0 Å². The van der Waals surface area contributed by atoms with Gasteiger partial charge in [0.15, 0.2) is 0 Å². The summed E-state index contributed by atoms with van der Waals surface area (Å²) in [5.74, 6) is -0.466. The van der Waals surface area contributed by atoms with Gasteiger partial charge in [-0.1, -0.05) is 24.3 Å². The zero-order valence-electron chi connectivity index (χ0n) is 15.4. The van der Waals surface area contributed by atoms with E-state index < -0.39 is 0 Å². The molecule has 0 unspecified atom stereocenters. The van der Waals surface area contributed by atoms with Crippen molar-refractivity contribution in [3.05, 3.63) is 87.1 Å². The van der Waals surface area contributed by atoms with Crippen LogP contribution in [0.4, 0.5) is 4.39 Å². The average molecular weight is 367 g/mol. The molecule has 27 heavy (non-hydrogen) atoms. The van der Waals surface area contributed by atoms with Crippen LogP contribution in [0.5, 0.6) is 0 Å². The maximum atomic E-state index is 13.1. The fraction of sp³-hybridized carbons (Fsp3) is 0.238. The minimum atomic E-state index is -0.361. The van der Waals surface area contributed by atoms with Gasteiger partial charge in [-0.2, -0.15) is 0 Å². The lowest BCUT2D eigenvalue weighted by atomic mass is 10.1. The Hall–Kier alpha value is -3.15. The van der Waals surface area contributed by atoms with Gasteiger partial charge in [0.1, 0.15) is 5.82 Å². The molecule has 0 saturated carbocycles. The van der Waals surface area contributed by atoms with E-state index in [1.54, 1.807) is 6.92 Å². The minimum Gasteiger partial charge on any atom is -0.352 e. The molecule has 5 nitrogen and oxygen atoms in total. The van der Waals surface area contributed by atoms with E-state index in [1.807, 2.05) is 31.2 Å². The highest BCUT2D eigenvalue weighted by Gasteiger charge is 2.14. The highest BCUT2D eigenvalue weighted by atomic mass is 19.1. The van der Waals surface area contributed by atoms with E-state index in [1.165, 1.54) is 28.9 Å². The standard InChI is InChI=1S/C21H22FN3O2/c1-14-5-3-4-6-16(14)13-23-20(26)12-11-19-15(2)24-25(21(19)27)18-9-7-17(22)8-10-18/h3-10,24H,11-13H2,1-2H3,(H,23,26). The molecule has 0 aliphatic rings. The van der Waals surface area contributed by atoms with Crippen LogP contribution in [0, 0.1) is 19.7 Å². The number of nitrogens with one attached hydrogen (secondary N) is 2. The van der Waals surface area contributed by atoms with Crippen molar-refractivity contribution in [2.24, 2.45) is 0 Å². The van der Waals surface area contributed by atoms with E-state index in [-0.39, 0.29) is 23.7 Å². The first-order chi connectivity index (χ1) is 13.0. The number of carbonyl (C=O) groups excluding carboxylic acids is 1. The van der Waals surface area contributed by atoms with Crippen molar-refractivity contribution in [3.8, 4) is 5.69 Å². The number of hydrogen-bond acceptors (Lipinski definition) is 2. The maximum absolute atomic E-state index is 13.1. The number of benzene rings is 2. The number of amides is 1. The Kier molecular flexibility index (Phi) is 5.54. The van der Waals surface area contributed by atoms with Crippen LogP contribution in [-0.4, -0.2) is 15.7 Å². The molecule has 1 aromatic heterocycles. The van der Waals surface area contributed by atoms with Gasteiger partial charge in [-0.05, 0) is 55.7 Å². The average Bonchev–Trinajstić information content (AvgIpc) is 2.94. The van der Waals surface area contributed by atoms with Crippen LogP contribution in [0.2, 0.25) is 0 Å². The van der Waals surface area contributed by atoms with Gasteiger partial charge in [0.2, 0.25) is 5.91 Å². The third-order valence-corrected chi connectivity index (χ3v) is 4.62. The van der Waals surface area contributed by atoms with E-state index in [0.29, 0.717) is 29.9 Å². The summed E-state index contributed by atoms with van der Waals surface area (Å²) in [5, 5.41) is 5.88. The van der Waals surface area contributed by atoms with Crippen molar-refractivity contribution >= 4 is 5.91 Å². The smallest absolute Gasteiger partial charge is 0.274 e. The summed E-state index contributed by atoms with van der Waals surface area (Å²) in [6, 6.07) is 13.6. The van der Waals surface area contributed by atoms with Crippen LogP contribution < -0.4 is 10.9 Å². The molecule has 1 heterocycles.